The number of fused-ring (bicyclic) bond motifs is 8. The number of hydrogen-bond donors (Lipinski definition) is 4. The smallest absolute Gasteiger partial charge is 0.657 e. The number of pyridine rings is 4. The van der Waals surface area contributed by atoms with Crippen LogP contribution in [0.15, 0.2) is 122 Å². The van der Waals surface area contributed by atoms with E-state index < -0.39 is 0 Å². The summed E-state index contributed by atoms with van der Waals surface area (Å²) in [6.07, 6.45) is 22.5. The van der Waals surface area contributed by atoms with Crippen LogP contribution in [0, 0.1) is 0 Å². The fourth-order valence-corrected chi connectivity index (χ4v) is 7.14. The second-order valence-corrected chi connectivity index (χ2v) is 13.3. The summed E-state index contributed by atoms with van der Waals surface area (Å²) < 4.78 is 6.70. The van der Waals surface area contributed by atoms with Gasteiger partial charge in [0.1, 0.15) is 0 Å². The number of hydrogen-bond acceptors (Lipinski definition) is 6. The largest absolute Gasteiger partial charge is 2.00 e. The molecule has 0 unspecified atom stereocenters. The molecule has 0 aliphatic carbocycles. The molecule has 57 heavy (non-hydrogen) atoms. The fourth-order valence-electron chi connectivity index (χ4n) is 7.14. The number of aliphatic hydroxyl groups is 4. The van der Waals surface area contributed by atoms with Crippen LogP contribution < -0.4 is 28.2 Å². The second kappa shape index (κ2) is 16.0. The average Bonchev–Trinajstić information content (AvgIpc) is 4.10. The minimum absolute atomic E-state index is 0. The maximum atomic E-state index is 9.79. The summed E-state index contributed by atoms with van der Waals surface area (Å²) in [4.78, 5) is 21.1. The molecule has 1 radical (unpaired) electrons. The third-order valence-electron chi connectivity index (χ3n) is 9.98. The zero-order valence-electron chi connectivity index (χ0n) is 30.4. The van der Waals surface area contributed by atoms with Crippen LogP contribution >= 0.6 is 0 Å². The Morgan fingerprint density at radius 3 is 0.754 bits per heavy atom. The molecule has 7 aromatic heterocycles. The molecule has 0 atom stereocenters. The van der Waals surface area contributed by atoms with Crippen LogP contribution in [0.2, 0.25) is 0 Å². The predicted molar refractivity (Wildman–Crippen MR) is 208 cm³/mol. The van der Waals surface area contributed by atoms with Crippen molar-refractivity contribution >= 4 is 46.4 Å². The number of nitrogens with zero attached hydrogens (tertiary/aromatic N) is 8. The van der Waals surface area contributed by atoms with E-state index in [1.54, 1.807) is 18.3 Å². The van der Waals surface area contributed by atoms with E-state index in [4.69, 9.17) is 19.9 Å². The summed E-state index contributed by atoms with van der Waals surface area (Å²) in [6.45, 7) is -0.612. The van der Waals surface area contributed by atoms with E-state index in [9.17, 15) is 20.4 Å². The van der Waals surface area contributed by atoms with Gasteiger partial charge in [-0.25, -0.2) is 9.97 Å². The van der Waals surface area contributed by atoms with Gasteiger partial charge in [-0.15, -0.1) is 22.1 Å². The maximum Gasteiger partial charge on any atom is 2.00 e. The van der Waals surface area contributed by atoms with Gasteiger partial charge in [-0.3, -0.25) is 0 Å². The molecule has 0 spiro atoms. The van der Waals surface area contributed by atoms with Gasteiger partial charge in [0.05, 0.1) is 22.8 Å². The molecule has 12 nitrogen and oxygen atoms in total. The fraction of sp³-hybridized carbons (Fsp3) is 0.0909. The van der Waals surface area contributed by atoms with Gasteiger partial charge in [0, 0.05) is 48.5 Å². The third-order valence-corrected chi connectivity index (χ3v) is 9.98. The monoisotopic (exact) mass is 799 g/mol. The molecule has 0 amide bonds. The van der Waals surface area contributed by atoms with E-state index in [-0.39, 0.29) is 43.7 Å². The molecule has 4 N–H and O–H groups in total. The number of aromatic nitrogens is 8. The Morgan fingerprint density at radius 2 is 0.561 bits per heavy atom. The van der Waals surface area contributed by atoms with Crippen molar-refractivity contribution in [3.63, 3.8) is 0 Å². The van der Waals surface area contributed by atoms with Gasteiger partial charge in [-0.2, -0.15) is 18.3 Å². The molecule has 0 saturated heterocycles. The first-order valence-electron chi connectivity index (χ1n) is 18.0. The van der Waals surface area contributed by atoms with E-state index in [2.05, 4.69) is 0 Å². The molecular formula is C44H36CoN8O4+4. The van der Waals surface area contributed by atoms with Crippen LogP contribution in [0.3, 0.4) is 0 Å². The summed E-state index contributed by atoms with van der Waals surface area (Å²) in [7, 11) is 0. The molecule has 9 heterocycles. The first kappa shape index (κ1) is 37.5. The molecule has 0 fully saturated rings. The normalized spacial score (nSPS) is 11.9. The first-order valence-corrected chi connectivity index (χ1v) is 18.0. The Kier molecular flexibility index (Phi) is 10.5. The minimum atomic E-state index is -0.153. The average molecular weight is 800 g/mol. The van der Waals surface area contributed by atoms with Gasteiger partial charge in [0.15, 0.2) is 49.6 Å². The second-order valence-electron chi connectivity index (χ2n) is 13.3. The molecule has 7 aromatic rings. The van der Waals surface area contributed by atoms with Gasteiger partial charge in [0.25, 0.3) is 0 Å². The summed E-state index contributed by atoms with van der Waals surface area (Å²) in [5.41, 5.74) is 12.3. The Hall–Kier alpha value is -6.45. The van der Waals surface area contributed by atoms with Gasteiger partial charge >= 0.3 is 16.8 Å². The van der Waals surface area contributed by atoms with Crippen molar-refractivity contribution < 1.29 is 55.5 Å². The van der Waals surface area contributed by atoms with Gasteiger partial charge in [-0.1, -0.05) is 24.3 Å². The van der Waals surface area contributed by atoms with Crippen molar-refractivity contribution in [2.45, 2.75) is 26.9 Å². The maximum absolute atomic E-state index is 9.79. The summed E-state index contributed by atoms with van der Waals surface area (Å²) in [6, 6.07) is 23.5. The molecular weight excluding hydrogens is 763 g/mol. The Bertz CT molecular complexity index is 2450. The topological polar surface area (TPSA) is 150 Å². The number of aliphatic hydroxyl groups excluding tert-OH is 4. The Balaban J connectivity index is 0.00000455. The zero-order chi connectivity index (χ0) is 38.2. The molecule has 9 rings (SSSR count). The molecule has 281 valence electrons. The van der Waals surface area contributed by atoms with Crippen LogP contribution in [0.4, 0.5) is 0 Å². The van der Waals surface area contributed by atoms with Crippen LogP contribution in [-0.2, 0) is 43.7 Å². The van der Waals surface area contributed by atoms with E-state index >= 15 is 0 Å². The molecule has 13 heteroatoms. The van der Waals surface area contributed by atoms with Crippen molar-refractivity contribution in [2.24, 2.45) is 0 Å². The van der Waals surface area contributed by atoms with Crippen LogP contribution in [-0.4, -0.2) is 30.4 Å². The van der Waals surface area contributed by atoms with Gasteiger partial charge in [0.2, 0.25) is 26.9 Å². The van der Waals surface area contributed by atoms with E-state index in [0.717, 1.165) is 44.5 Å². The van der Waals surface area contributed by atoms with Crippen LogP contribution in [0.5, 0.6) is 0 Å². The van der Waals surface area contributed by atoms with Crippen molar-refractivity contribution in [3.05, 3.63) is 145 Å². The quantitative estimate of drug-likeness (QED) is 0.171. The van der Waals surface area contributed by atoms with Crippen LogP contribution in [0.25, 0.3) is 90.9 Å². The van der Waals surface area contributed by atoms with E-state index in [1.165, 1.54) is 0 Å². The molecule has 0 saturated carbocycles. The first-order chi connectivity index (χ1) is 27.5. The van der Waals surface area contributed by atoms with Crippen molar-refractivity contribution in [3.8, 4) is 44.5 Å². The Morgan fingerprint density at radius 1 is 0.351 bits per heavy atom. The SMILES string of the molecule is OC[n+]1ccc(-c2c3nc(c(-c4cc[n+](CO)cc4)c4ccc([n-]4)c(-c4cc[n+](CO)cc4)c4nc(c(-c5cc[n+](CO)cc5)c5ccc2[n-]5)C=C4)C=C3)cc1.[Co+2]. The van der Waals surface area contributed by atoms with Crippen LogP contribution in [0.1, 0.15) is 22.8 Å². The minimum Gasteiger partial charge on any atom is -0.657 e. The molecule has 2 aliphatic rings. The third kappa shape index (κ3) is 7.11. The molecule has 2 aliphatic heterocycles. The van der Waals surface area contributed by atoms with Crippen molar-refractivity contribution in [2.75, 3.05) is 0 Å². The van der Waals surface area contributed by atoms with E-state index in [0.29, 0.717) is 44.8 Å². The number of rotatable bonds is 8. The summed E-state index contributed by atoms with van der Waals surface area (Å²) in [5.74, 6) is 0. The Labute approximate surface area is 337 Å². The standard InChI is InChI=1S/C44H36N8O4.Co/c53-25-49-17-9-29(10-18-49)41-33-1-2-34(45-33)42(30-11-19-50(26-54)20-12-30)36-5-6-38(47-36)44(32-15-23-52(28-56)24-16-32)40-8-7-39(48-40)43(37-4-3-35(41)46-37)31-13-21-51(27-55)22-14-31;/h1-24,53-56H,25-28H2;/q2*+2. The van der Waals surface area contributed by atoms with Crippen molar-refractivity contribution in [1.29, 1.82) is 0 Å². The summed E-state index contributed by atoms with van der Waals surface area (Å²) >= 11 is 0. The van der Waals surface area contributed by atoms with Gasteiger partial charge in [-0.05, 0) is 68.8 Å². The molecule has 8 bridgehead atoms. The van der Waals surface area contributed by atoms with Gasteiger partial charge < -0.3 is 30.4 Å². The summed E-state index contributed by atoms with van der Waals surface area (Å²) in [5, 5.41) is 39.2. The predicted octanol–water partition coefficient (Wildman–Crippen LogP) is 3.53. The molecule has 0 aromatic carbocycles. The van der Waals surface area contributed by atoms with Crippen molar-refractivity contribution in [1.82, 2.24) is 19.9 Å². The van der Waals surface area contributed by atoms with E-state index in [1.807, 2.05) is 147 Å². The zero-order valence-corrected chi connectivity index (χ0v) is 31.4.